The van der Waals surface area contributed by atoms with Gasteiger partial charge in [0, 0.05) is 12.7 Å². The molecule has 1 atom stereocenters. The fourth-order valence-corrected chi connectivity index (χ4v) is 2.50. The molecule has 0 saturated carbocycles. The number of nitrogens with one attached hydrogen (secondary N) is 1. The maximum absolute atomic E-state index is 12.1. The Labute approximate surface area is 130 Å². The summed E-state index contributed by atoms with van der Waals surface area (Å²) >= 11 is 6.17. The van der Waals surface area contributed by atoms with Gasteiger partial charge >= 0.3 is 0 Å². The van der Waals surface area contributed by atoms with E-state index in [1.165, 1.54) is 0 Å². The smallest absolute Gasteiger partial charge is 0.254 e. The molecule has 0 saturated heterocycles. The number of hydrogen-bond donors (Lipinski definition) is 1. The molecule has 0 aliphatic heterocycles. The fourth-order valence-electron chi connectivity index (χ4n) is 2.06. The normalized spacial score (nSPS) is 12.4. The third-order valence-corrected chi connectivity index (χ3v) is 3.41. The van der Waals surface area contributed by atoms with Crippen molar-refractivity contribution in [2.24, 2.45) is 5.92 Å². The first-order chi connectivity index (χ1) is 10.1. The van der Waals surface area contributed by atoms with Gasteiger partial charge in [-0.15, -0.1) is 11.6 Å². The summed E-state index contributed by atoms with van der Waals surface area (Å²) in [6.07, 6.45) is 4.16. The van der Waals surface area contributed by atoms with Gasteiger partial charge in [-0.25, -0.2) is 4.68 Å². The molecule has 0 bridgehead atoms. The molecular formula is C16H20ClN3O. The molecule has 1 aromatic heterocycles. The van der Waals surface area contributed by atoms with Crippen LogP contribution in [0.4, 0.5) is 0 Å². The first-order valence-electron chi connectivity index (χ1n) is 7.08. The molecule has 21 heavy (non-hydrogen) atoms. The number of rotatable bonds is 6. The topological polar surface area (TPSA) is 46.9 Å². The molecule has 2 aromatic rings. The second-order valence-electron chi connectivity index (χ2n) is 5.45. The molecule has 4 nitrogen and oxygen atoms in total. The molecule has 0 radical (unpaired) electrons. The Morgan fingerprint density at radius 1 is 1.33 bits per heavy atom. The molecule has 5 heteroatoms. The summed E-state index contributed by atoms with van der Waals surface area (Å²) in [5.74, 6) is 0.372. The molecule has 0 aliphatic rings. The average molecular weight is 306 g/mol. The first kappa shape index (κ1) is 15.6. The van der Waals surface area contributed by atoms with Gasteiger partial charge in [0.05, 0.1) is 22.8 Å². The van der Waals surface area contributed by atoms with Crippen molar-refractivity contribution in [2.45, 2.75) is 25.6 Å². The number of alkyl halides is 1. The van der Waals surface area contributed by atoms with Crippen LogP contribution in [0.5, 0.6) is 0 Å². The van der Waals surface area contributed by atoms with Crippen LogP contribution in [0.1, 0.15) is 30.6 Å². The molecule has 1 amide bonds. The van der Waals surface area contributed by atoms with Crippen LogP contribution in [0.15, 0.2) is 42.7 Å². The highest BCUT2D eigenvalue weighted by Crippen LogP contribution is 2.10. The fraction of sp³-hybridized carbons (Fsp3) is 0.375. The first-order valence-corrected chi connectivity index (χ1v) is 7.52. The van der Waals surface area contributed by atoms with Crippen molar-refractivity contribution in [1.82, 2.24) is 15.1 Å². The number of nitrogens with zero attached hydrogens (tertiary/aromatic N) is 2. The Hall–Kier alpha value is -1.81. The molecule has 1 aromatic carbocycles. The van der Waals surface area contributed by atoms with Crippen LogP contribution in [-0.2, 0) is 0 Å². The molecule has 0 fully saturated rings. The van der Waals surface area contributed by atoms with Gasteiger partial charge in [-0.05, 0) is 24.5 Å². The average Bonchev–Trinajstić information content (AvgIpc) is 2.95. The maximum atomic E-state index is 12.1. The van der Waals surface area contributed by atoms with E-state index in [1.54, 1.807) is 17.1 Å². The van der Waals surface area contributed by atoms with Crippen LogP contribution in [0.25, 0.3) is 5.69 Å². The summed E-state index contributed by atoms with van der Waals surface area (Å²) < 4.78 is 1.68. The van der Waals surface area contributed by atoms with Gasteiger partial charge < -0.3 is 5.32 Å². The Morgan fingerprint density at radius 3 is 2.71 bits per heavy atom. The molecular weight excluding hydrogens is 286 g/mol. The predicted octanol–water partition coefficient (Wildman–Crippen LogP) is 3.26. The van der Waals surface area contributed by atoms with Crippen LogP contribution in [0.2, 0.25) is 0 Å². The zero-order valence-electron chi connectivity index (χ0n) is 12.3. The van der Waals surface area contributed by atoms with Crippen LogP contribution >= 0.6 is 11.6 Å². The standard InChI is InChI=1S/C16H20ClN3O/c1-12(2)8-14(17)10-18-16(21)13-9-19-20(11-13)15-6-4-3-5-7-15/h3-7,9,11-12,14H,8,10H2,1-2H3,(H,18,21). The minimum atomic E-state index is -0.147. The second-order valence-corrected chi connectivity index (χ2v) is 6.06. The number of halogens is 1. The van der Waals surface area contributed by atoms with Gasteiger partial charge in [-0.1, -0.05) is 32.0 Å². The van der Waals surface area contributed by atoms with E-state index < -0.39 is 0 Å². The van der Waals surface area contributed by atoms with Crippen LogP contribution < -0.4 is 5.32 Å². The van der Waals surface area contributed by atoms with E-state index in [0.29, 0.717) is 18.0 Å². The van der Waals surface area contributed by atoms with E-state index in [9.17, 15) is 4.79 Å². The lowest BCUT2D eigenvalue weighted by molar-refractivity contribution is 0.0953. The maximum Gasteiger partial charge on any atom is 0.254 e. The quantitative estimate of drug-likeness (QED) is 0.833. The van der Waals surface area contributed by atoms with Crippen molar-refractivity contribution in [2.75, 3.05) is 6.54 Å². The predicted molar refractivity (Wildman–Crippen MR) is 85.0 cm³/mol. The van der Waals surface area contributed by atoms with Crippen molar-refractivity contribution in [3.63, 3.8) is 0 Å². The van der Waals surface area contributed by atoms with Crippen LogP contribution in [0.3, 0.4) is 0 Å². The molecule has 0 spiro atoms. The van der Waals surface area contributed by atoms with E-state index >= 15 is 0 Å². The third kappa shape index (κ3) is 4.60. The lowest BCUT2D eigenvalue weighted by Crippen LogP contribution is -2.30. The third-order valence-electron chi connectivity index (χ3n) is 3.08. The number of carbonyl (C=O) groups excluding carboxylic acids is 1. The summed E-state index contributed by atoms with van der Waals surface area (Å²) in [5.41, 5.74) is 1.46. The monoisotopic (exact) mass is 305 g/mol. The van der Waals surface area contributed by atoms with Gasteiger partial charge in [0.25, 0.3) is 5.91 Å². The molecule has 0 aliphatic carbocycles. The van der Waals surface area contributed by atoms with Crippen molar-refractivity contribution in [1.29, 1.82) is 0 Å². The van der Waals surface area contributed by atoms with E-state index in [1.807, 2.05) is 30.3 Å². The summed E-state index contributed by atoms with van der Waals surface area (Å²) in [6, 6.07) is 9.68. The number of amides is 1. The van der Waals surface area contributed by atoms with Gasteiger partial charge in [0.1, 0.15) is 0 Å². The Morgan fingerprint density at radius 2 is 2.05 bits per heavy atom. The van der Waals surface area contributed by atoms with Gasteiger partial charge in [-0.2, -0.15) is 5.10 Å². The summed E-state index contributed by atoms with van der Waals surface area (Å²) in [5, 5.41) is 7.01. The second kappa shape index (κ2) is 7.27. The molecule has 2 rings (SSSR count). The van der Waals surface area contributed by atoms with Crippen molar-refractivity contribution in [3.8, 4) is 5.69 Å². The summed E-state index contributed by atoms with van der Waals surface area (Å²) in [4.78, 5) is 12.1. The summed E-state index contributed by atoms with van der Waals surface area (Å²) in [6.45, 7) is 4.69. The van der Waals surface area contributed by atoms with Gasteiger partial charge in [-0.3, -0.25) is 4.79 Å². The minimum Gasteiger partial charge on any atom is -0.350 e. The number of para-hydroxylation sites is 1. The minimum absolute atomic E-state index is 0.0434. The number of benzene rings is 1. The SMILES string of the molecule is CC(C)CC(Cl)CNC(=O)c1cnn(-c2ccccc2)c1. The van der Waals surface area contributed by atoms with Crippen LogP contribution in [0, 0.1) is 5.92 Å². The number of aromatic nitrogens is 2. The highest BCUT2D eigenvalue weighted by molar-refractivity contribution is 6.20. The van der Waals surface area contributed by atoms with E-state index in [-0.39, 0.29) is 11.3 Å². The largest absolute Gasteiger partial charge is 0.350 e. The Balaban J connectivity index is 1.93. The van der Waals surface area contributed by atoms with Crippen LogP contribution in [-0.4, -0.2) is 27.6 Å². The molecule has 1 N–H and O–H groups in total. The highest BCUT2D eigenvalue weighted by Gasteiger charge is 2.12. The van der Waals surface area contributed by atoms with Gasteiger partial charge in [0.2, 0.25) is 0 Å². The Bertz CT molecular complexity index is 580. The van der Waals surface area contributed by atoms with Crippen molar-refractivity contribution in [3.05, 3.63) is 48.3 Å². The molecule has 1 heterocycles. The van der Waals surface area contributed by atoms with E-state index in [0.717, 1.165) is 12.1 Å². The lowest BCUT2D eigenvalue weighted by atomic mass is 10.1. The lowest BCUT2D eigenvalue weighted by Gasteiger charge is -2.12. The number of carbonyl (C=O) groups is 1. The van der Waals surface area contributed by atoms with E-state index in [4.69, 9.17) is 11.6 Å². The molecule has 1 unspecified atom stereocenters. The summed E-state index contributed by atoms with van der Waals surface area (Å²) in [7, 11) is 0. The van der Waals surface area contributed by atoms with Crippen molar-refractivity contribution < 1.29 is 4.79 Å². The Kier molecular flexibility index (Phi) is 5.39. The zero-order chi connectivity index (χ0) is 15.2. The molecule has 112 valence electrons. The van der Waals surface area contributed by atoms with Crippen molar-refractivity contribution >= 4 is 17.5 Å². The van der Waals surface area contributed by atoms with Gasteiger partial charge in [0.15, 0.2) is 0 Å². The highest BCUT2D eigenvalue weighted by atomic mass is 35.5. The zero-order valence-corrected chi connectivity index (χ0v) is 13.0. The number of hydrogen-bond acceptors (Lipinski definition) is 2. The van der Waals surface area contributed by atoms with E-state index in [2.05, 4.69) is 24.3 Å².